The van der Waals surface area contributed by atoms with Gasteiger partial charge in [0.25, 0.3) is 5.91 Å². The van der Waals surface area contributed by atoms with E-state index in [-0.39, 0.29) is 47.9 Å². The Balaban J connectivity index is 1.42. The zero-order chi connectivity index (χ0) is 27.5. The molecule has 39 heavy (non-hydrogen) atoms. The summed E-state index contributed by atoms with van der Waals surface area (Å²) >= 11 is 0. The number of nitrogens with two attached hydrogens (primary N) is 1. The maximum Gasteiger partial charge on any atom is 0.317 e. The number of halogens is 1. The number of fused-ring (bicyclic) bond motifs is 2. The number of hydrogen-bond donors (Lipinski definition) is 3. The lowest BCUT2D eigenvalue weighted by Crippen LogP contribution is -2.43. The molecule has 1 saturated heterocycles. The number of morpholine rings is 1. The van der Waals surface area contributed by atoms with Gasteiger partial charge in [-0.3, -0.25) is 14.3 Å². The quantitative estimate of drug-likeness (QED) is 0.292. The lowest BCUT2D eigenvalue weighted by atomic mass is 10.1. The van der Waals surface area contributed by atoms with Crippen molar-refractivity contribution in [2.75, 3.05) is 50.1 Å². The zero-order valence-corrected chi connectivity index (χ0v) is 21.6. The predicted molar refractivity (Wildman–Crippen MR) is 143 cm³/mol. The van der Waals surface area contributed by atoms with Crippen LogP contribution < -0.4 is 21.1 Å². The van der Waals surface area contributed by atoms with Gasteiger partial charge in [-0.15, -0.1) is 0 Å². The van der Waals surface area contributed by atoms with E-state index in [9.17, 15) is 14.0 Å². The Morgan fingerprint density at radius 2 is 2.15 bits per heavy atom. The smallest absolute Gasteiger partial charge is 0.317 e. The van der Waals surface area contributed by atoms with Gasteiger partial charge in [0, 0.05) is 60.7 Å². The van der Waals surface area contributed by atoms with Crippen LogP contribution in [-0.2, 0) is 16.6 Å². The average molecular weight is 537 g/mol. The highest BCUT2D eigenvalue weighted by Crippen LogP contribution is 2.28. The molecule has 4 N–H and O–H groups in total. The van der Waals surface area contributed by atoms with Gasteiger partial charge < -0.3 is 30.7 Å². The van der Waals surface area contributed by atoms with Gasteiger partial charge in [0.05, 0.1) is 24.2 Å². The molecule has 1 atom stereocenters. The van der Waals surface area contributed by atoms with Gasteiger partial charge in [0.1, 0.15) is 18.7 Å². The number of hydrogen-bond acceptors (Lipinski definition) is 9. The van der Waals surface area contributed by atoms with Crippen molar-refractivity contribution in [3.8, 4) is 6.01 Å². The first-order chi connectivity index (χ1) is 18.8. The van der Waals surface area contributed by atoms with Crippen molar-refractivity contribution in [3.05, 3.63) is 48.0 Å². The van der Waals surface area contributed by atoms with Gasteiger partial charge >= 0.3 is 6.01 Å². The van der Waals surface area contributed by atoms with E-state index >= 15 is 0 Å². The molecule has 0 saturated carbocycles. The van der Waals surface area contributed by atoms with E-state index in [0.29, 0.717) is 48.2 Å². The van der Waals surface area contributed by atoms with Crippen molar-refractivity contribution < 1.29 is 23.5 Å². The predicted octanol–water partition coefficient (Wildman–Crippen LogP) is 1.90. The number of nitrogens with one attached hydrogen (secondary N) is 2. The summed E-state index contributed by atoms with van der Waals surface area (Å²) in [4.78, 5) is 35.8. The van der Waals surface area contributed by atoms with E-state index in [1.165, 1.54) is 10.7 Å². The maximum absolute atomic E-state index is 14.6. The van der Waals surface area contributed by atoms with E-state index < -0.39 is 11.7 Å². The molecule has 3 heterocycles. The van der Waals surface area contributed by atoms with Crippen molar-refractivity contribution in [2.45, 2.75) is 13.0 Å². The molecule has 2 amide bonds. The highest BCUT2D eigenvalue weighted by Gasteiger charge is 2.20. The van der Waals surface area contributed by atoms with Crippen LogP contribution in [0.2, 0.25) is 0 Å². The second-order valence-corrected chi connectivity index (χ2v) is 9.37. The first-order valence-electron chi connectivity index (χ1n) is 12.5. The van der Waals surface area contributed by atoms with Gasteiger partial charge in [-0.2, -0.15) is 10.1 Å². The van der Waals surface area contributed by atoms with Gasteiger partial charge in [-0.1, -0.05) is 0 Å². The van der Waals surface area contributed by atoms with Crippen LogP contribution in [-0.4, -0.2) is 82.0 Å². The molecule has 1 aliphatic rings. The number of rotatable bonds is 9. The fourth-order valence-electron chi connectivity index (χ4n) is 4.30. The molecule has 2 aromatic carbocycles. The third-order valence-electron chi connectivity index (χ3n) is 6.20. The highest BCUT2D eigenvalue weighted by atomic mass is 19.1. The minimum atomic E-state index is -0.541. The number of aryl methyl sites for hydroxylation is 1. The number of carbonyl (C=O) groups excluding carboxylic acids is 2. The highest BCUT2D eigenvalue weighted by molar-refractivity contribution is 6.14. The maximum atomic E-state index is 14.6. The van der Waals surface area contributed by atoms with Gasteiger partial charge in [0.15, 0.2) is 5.82 Å². The number of nitrogens with zero attached hydrogens (tertiary/aromatic N) is 5. The molecule has 5 rings (SSSR count). The molecule has 4 aromatic rings. The molecule has 13 heteroatoms. The molecule has 0 bridgehead atoms. The summed E-state index contributed by atoms with van der Waals surface area (Å²) in [7, 11) is 1.70. The Bertz CT molecular complexity index is 1540. The van der Waals surface area contributed by atoms with Crippen molar-refractivity contribution in [1.82, 2.24) is 24.6 Å². The van der Waals surface area contributed by atoms with Crippen LogP contribution in [0.25, 0.3) is 21.8 Å². The van der Waals surface area contributed by atoms with Gasteiger partial charge in [0.2, 0.25) is 5.91 Å². The van der Waals surface area contributed by atoms with Crippen molar-refractivity contribution >= 4 is 45.0 Å². The van der Waals surface area contributed by atoms with E-state index in [1.807, 2.05) is 6.92 Å². The fraction of sp³-hybridized carbons (Fsp3) is 0.346. The summed E-state index contributed by atoms with van der Waals surface area (Å²) in [6.45, 7) is 3.92. The summed E-state index contributed by atoms with van der Waals surface area (Å²) in [5.41, 5.74) is 7.70. The summed E-state index contributed by atoms with van der Waals surface area (Å²) < 4.78 is 27.0. The molecule has 1 aliphatic heterocycles. The Kier molecular flexibility index (Phi) is 7.52. The standard InChI is InChI=1S/C26H29FN8O4/c1-15(28)11-29-21-4-3-18(25(37)31-17-9-16-13-34(2)33-23(16)20(27)10-17)24-19(21)12-30-26(32-24)39-8-6-35-5-7-38-14-22(35)36/h3-4,9-10,12-13,15,29H,5-8,11,14,28H2,1-2H3,(H,31,37)/t15-/m0/s1. The van der Waals surface area contributed by atoms with Crippen molar-refractivity contribution in [3.63, 3.8) is 0 Å². The van der Waals surface area contributed by atoms with Gasteiger partial charge in [-0.05, 0) is 31.2 Å². The minimum absolute atomic E-state index is 0.0553. The molecule has 12 nitrogen and oxygen atoms in total. The third-order valence-corrected chi connectivity index (χ3v) is 6.20. The molecular weight excluding hydrogens is 507 g/mol. The van der Waals surface area contributed by atoms with Crippen LogP contribution in [0, 0.1) is 5.82 Å². The average Bonchev–Trinajstić information content (AvgIpc) is 3.28. The Hall–Kier alpha value is -4.36. The van der Waals surface area contributed by atoms with Crippen LogP contribution >= 0.6 is 0 Å². The Labute approximate surface area is 223 Å². The monoisotopic (exact) mass is 536 g/mol. The van der Waals surface area contributed by atoms with Crippen LogP contribution in [0.4, 0.5) is 15.8 Å². The fourth-order valence-corrected chi connectivity index (χ4v) is 4.30. The number of carbonyl (C=O) groups is 2. The lowest BCUT2D eigenvalue weighted by Gasteiger charge is -2.26. The first-order valence-corrected chi connectivity index (χ1v) is 12.5. The van der Waals surface area contributed by atoms with Crippen molar-refractivity contribution in [1.29, 1.82) is 0 Å². The number of anilines is 2. The van der Waals surface area contributed by atoms with E-state index in [4.69, 9.17) is 15.2 Å². The van der Waals surface area contributed by atoms with Crippen molar-refractivity contribution in [2.24, 2.45) is 12.8 Å². The molecule has 0 unspecified atom stereocenters. The number of aromatic nitrogens is 4. The SMILES string of the molecule is C[C@H](N)CNc1ccc(C(=O)Nc2cc(F)c3nn(C)cc3c2)c2nc(OCCN3CCOCC3=O)ncc12. The van der Waals surface area contributed by atoms with E-state index in [0.717, 1.165) is 0 Å². The third kappa shape index (κ3) is 5.89. The number of ether oxygens (including phenoxy) is 2. The normalized spacial score (nSPS) is 14.6. The molecule has 204 valence electrons. The molecule has 0 spiro atoms. The number of amides is 2. The molecule has 0 aliphatic carbocycles. The first kappa shape index (κ1) is 26.3. The van der Waals surface area contributed by atoms with Crippen LogP contribution in [0.1, 0.15) is 17.3 Å². The summed E-state index contributed by atoms with van der Waals surface area (Å²) in [6, 6.07) is 6.21. The number of benzene rings is 2. The zero-order valence-electron chi connectivity index (χ0n) is 21.6. The van der Waals surface area contributed by atoms with E-state index in [1.54, 1.807) is 42.5 Å². The Morgan fingerprint density at radius 3 is 2.95 bits per heavy atom. The summed E-state index contributed by atoms with van der Waals surface area (Å²) in [6.07, 6.45) is 3.24. The Morgan fingerprint density at radius 1 is 1.31 bits per heavy atom. The molecule has 1 fully saturated rings. The summed E-state index contributed by atoms with van der Waals surface area (Å²) in [5, 5.41) is 11.3. The second-order valence-electron chi connectivity index (χ2n) is 9.37. The van der Waals surface area contributed by atoms with Crippen LogP contribution in [0.5, 0.6) is 6.01 Å². The van der Waals surface area contributed by atoms with E-state index in [2.05, 4.69) is 25.7 Å². The molecule has 2 aromatic heterocycles. The molecule has 0 radical (unpaired) electrons. The second kappa shape index (κ2) is 11.2. The van der Waals surface area contributed by atoms with Gasteiger partial charge in [-0.25, -0.2) is 9.37 Å². The molecular formula is C26H29FN8O4. The summed E-state index contributed by atoms with van der Waals surface area (Å²) in [5.74, 6) is -1.13. The minimum Gasteiger partial charge on any atom is -0.462 e. The van der Waals surface area contributed by atoms with Crippen LogP contribution in [0.15, 0.2) is 36.7 Å². The van der Waals surface area contributed by atoms with Crippen LogP contribution in [0.3, 0.4) is 0 Å². The largest absolute Gasteiger partial charge is 0.462 e. The topological polar surface area (TPSA) is 150 Å². The lowest BCUT2D eigenvalue weighted by molar-refractivity contribution is -0.143.